The number of alkyl halides is 3. The molecule has 4 rings (SSSR count). The maximum atomic E-state index is 12.8. The number of carbonyl (C=O) groups is 1. The molecule has 0 bridgehead atoms. The molecule has 0 saturated carbocycles. The third-order valence-electron chi connectivity index (χ3n) is 4.93. The second kappa shape index (κ2) is 9.03. The van der Waals surface area contributed by atoms with Gasteiger partial charge in [-0.25, -0.2) is 4.98 Å². The monoisotopic (exact) mass is 469 g/mol. The zero-order valence-electron chi connectivity index (χ0n) is 17.4. The Kier molecular flexibility index (Phi) is 6.15. The van der Waals surface area contributed by atoms with E-state index in [4.69, 9.17) is 0 Å². The summed E-state index contributed by atoms with van der Waals surface area (Å²) < 4.78 is 39.9. The fourth-order valence-electron chi connectivity index (χ4n) is 3.20. The molecule has 9 heteroatoms. The van der Waals surface area contributed by atoms with Crippen LogP contribution in [0.5, 0.6) is 0 Å². The van der Waals surface area contributed by atoms with Gasteiger partial charge in [-0.15, -0.1) is 11.3 Å². The molecule has 0 aliphatic carbocycles. The fourth-order valence-corrected chi connectivity index (χ4v) is 4.17. The first-order valence-electron chi connectivity index (χ1n) is 9.91. The lowest BCUT2D eigenvalue weighted by Crippen LogP contribution is -2.18. The Morgan fingerprint density at radius 1 is 1.03 bits per heavy atom. The Hall–Kier alpha value is -3.72. The number of rotatable bonds is 5. The number of nitrogens with one attached hydrogen (secondary N) is 1. The highest BCUT2D eigenvalue weighted by molar-refractivity contribution is 7.17. The summed E-state index contributed by atoms with van der Waals surface area (Å²) in [6.45, 7) is 2.10. The molecular weight excluding hydrogens is 451 g/mol. The number of amides is 1. The molecule has 33 heavy (non-hydrogen) atoms. The first-order valence-corrected chi connectivity index (χ1v) is 10.7. The number of benzene rings is 2. The van der Waals surface area contributed by atoms with E-state index in [1.165, 1.54) is 18.2 Å². The van der Waals surface area contributed by atoms with Crippen LogP contribution in [-0.2, 0) is 12.7 Å². The second-order valence-electron chi connectivity index (χ2n) is 7.33. The fraction of sp³-hybridized carbons (Fsp3) is 0.125. The second-order valence-corrected chi connectivity index (χ2v) is 8.33. The standard InChI is InChI=1S/C24H18F3N3O2S/c1-15-21(33-23(28-15)17-7-9-18(10-8-17)24(25,26)27)22(32)29-19-11-5-16(6-12-19)14-30-13-3-2-4-20(30)31/h2-13H,14H2,1H3,(H,29,32). The van der Waals surface area contributed by atoms with Crippen LogP contribution in [0.4, 0.5) is 18.9 Å². The van der Waals surface area contributed by atoms with Crippen molar-refractivity contribution in [3.8, 4) is 10.6 Å². The van der Waals surface area contributed by atoms with Gasteiger partial charge in [-0.2, -0.15) is 13.2 Å². The Morgan fingerprint density at radius 2 is 1.73 bits per heavy atom. The van der Waals surface area contributed by atoms with Crippen molar-refractivity contribution >= 4 is 22.9 Å². The summed E-state index contributed by atoms with van der Waals surface area (Å²) in [5, 5.41) is 3.28. The van der Waals surface area contributed by atoms with Gasteiger partial charge in [0.25, 0.3) is 11.5 Å². The van der Waals surface area contributed by atoms with Crippen molar-refractivity contribution in [1.82, 2.24) is 9.55 Å². The molecule has 5 nitrogen and oxygen atoms in total. The first-order chi connectivity index (χ1) is 15.7. The minimum absolute atomic E-state index is 0.0978. The van der Waals surface area contributed by atoms with Gasteiger partial charge in [-0.3, -0.25) is 9.59 Å². The van der Waals surface area contributed by atoms with Crippen molar-refractivity contribution in [3.05, 3.63) is 105 Å². The Morgan fingerprint density at radius 3 is 2.36 bits per heavy atom. The Labute approximate surface area is 191 Å². The quantitative estimate of drug-likeness (QED) is 0.414. The molecule has 0 spiro atoms. The number of nitrogens with zero attached hydrogens (tertiary/aromatic N) is 2. The van der Waals surface area contributed by atoms with Crippen LogP contribution in [0.3, 0.4) is 0 Å². The summed E-state index contributed by atoms with van der Waals surface area (Å²) in [4.78, 5) is 29.3. The van der Waals surface area contributed by atoms with Crippen LogP contribution in [0, 0.1) is 6.92 Å². The molecule has 4 aromatic rings. The average Bonchev–Trinajstić information content (AvgIpc) is 3.18. The first kappa shape index (κ1) is 22.5. The number of aryl methyl sites for hydroxylation is 1. The summed E-state index contributed by atoms with van der Waals surface area (Å²) in [7, 11) is 0. The molecule has 0 aliphatic heterocycles. The van der Waals surface area contributed by atoms with Crippen molar-refractivity contribution in [2.45, 2.75) is 19.6 Å². The van der Waals surface area contributed by atoms with E-state index in [2.05, 4.69) is 10.3 Å². The highest BCUT2D eigenvalue weighted by Crippen LogP contribution is 2.33. The number of aromatic nitrogens is 2. The molecule has 2 heterocycles. The van der Waals surface area contributed by atoms with Crippen LogP contribution in [0.25, 0.3) is 10.6 Å². The van der Waals surface area contributed by atoms with Gasteiger partial charge in [0.05, 0.1) is 17.8 Å². The average molecular weight is 469 g/mol. The van der Waals surface area contributed by atoms with Crippen LogP contribution in [0.1, 0.15) is 26.5 Å². The number of halogens is 3. The van der Waals surface area contributed by atoms with Crippen LogP contribution >= 0.6 is 11.3 Å². The summed E-state index contributed by atoms with van der Waals surface area (Å²) in [5.41, 5.74) is 1.65. The number of pyridine rings is 1. The predicted octanol–water partition coefficient (Wildman–Crippen LogP) is 5.60. The smallest absolute Gasteiger partial charge is 0.321 e. The van der Waals surface area contributed by atoms with Crippen molar-refractivity contribution in [3.63, 3.8) is 0 Å². The molecule has 0 radical (unpaired) electrons. The molecule has 1 amide bonds. The topological polar surface area (TPSA) is 64.0 Å². The van der Waals surface area contributed by atoms with E-state index in [0.717, 1.165) is 29.0 Å². The molecule has 0 fully saturated rings. The number of carbonyl (C=O) groups excluding carboxylic acids is 1. The van der Waals surface area contributed by atoms with E-state index in [-0.39, 0.29) is 11.5 Å². The van der Waals surface area contributed by atoms with Gasteiger partial charge in [0.15, 0.2) is 0 Å². The molecule has 0 unspecified atom stereocenters. The maximum absolute atomic E-state index is 12.8. The summed E-state index contributed by atoms with van der Waals surface area (Å²) in [6, 6.07) is 16.8. The van der Waals surface area contributed by atoms with Crippen LogP contribution in [-0.4, -0.2) is 15.5 Å². The molecule has 2 aromatic heterocycles. The summed E-state index contributed by atoms with van der Waals surface area (Å²) in [5.74, 6) is -0.352. The van der Waals surface area contributed by atoms with Gasteiger partial charge < -0.3 is 9.88 Å². The summed E-state index contributed by atoms with van der Waals surface area (Å²) >= 11 is 1.12. The minimum Gasteiger partial charge on any atom is -0.321 e. The molecule has 0 aliphatic rings. The molecule has 0 saturated heterocycles. The largest absolute Gasteiger partial charge is 0.416 e. The van der Waals surface area contributed by atoms with Gasteiger partial charge in [0.2, 0.25) is 0 Å². The van der Waals surface area contributed by atoms with Gasteiger partial charge in [0, 0.05) is 23.5 Å². The predicted molar refractivity (Wildman–Crippen MR) is 121 cm³/mol. The lowest BCUT2D eigenvalue weighted by atomic mass is 10.1. The van der Waals surface area contributed by atoms with E-state index in [0.29, 0.717) is 33.4 Å². The van der Waals surface area contributed by atoms with Crippen molar-refractivity contribution in [2.24, 2.45) is 0 Å². The zero-order chi connectivity index (χ0) is 23.6. The normalized spacial score (nSPS) is 11.4. The van der Waals surface area contributed by atoms with Crippen LogP contribution in [0.2, 0.25) is 0 Å². The van der Waals surface area contributed by atoms with E-state index < -0.39 is 11.7 Å². The summed E-state index contributed by atoms with van der Waals surface area (Å²) in [6.07, 6.45) is -2.70. The van der Waals surface area contributed by atoms with E-state index in [9.17, 15) is 22.8 Å². The third kappa shape index (κ3) is 5.20. The van der Waals surface area contributed by atoms with E-state index >= 15 is 0 Å². The zero-order valence-corrected chi connectivity index (χ0v) is 18.2. The molecule has 2 aromatic carbocycles. The van der Waals surface area contributed by atoms with Gasteiger partial charge in [0.1, 0.15) is 9.88 Å². The van der Waals surface area contributed by atoms with Gasteiger partial charge >= 0.3 is 6.18 Å². The number of hydrogen-bond acceptors (Lipinski definition) is 4. The highest BCUT2D eigenvalue weighted by Gasteiger charge is 2.30. The SMILES string of the molecule is Cc1nc(-c2ccc(C(F)(F)F)cc2)sc1C(=O)Nc1ccc(Cn2ccccc2=O)cc1. The number of thiazole rings is 1. The lowest BCUT2D eigenvalue weighted by Gasteiger charge is -2.08. The molecular formula is C24H18F3N3O2S. The Balaban J connectivity index is 1.46. The van der Waals surface area contributed by atoms with Gasteiger partial charge in [-0.05, 0) is 42.8 Å². The minimum atomic E-state index is -4.41. The third-order valence-corrected chi connectivity index (χ3v) is 6.13. The highest BCUT2D eigenvalue weighted by atomic mass is 32.1. The van der Waals surface area contributed by atoms with E-state index in [1.807, 2.05) is 12.1 Å². The number of hydrogen-bond donors (Lipinski definition) is 1. The van der Waals surface area contributed by atoms with Crippen molar-refractivity contribution < 1.29 is 18.0 Å². The van der Waals surface area contributed by atoms with Crippen molar-refractivity contribution in [2.75, 3.05) is 5.32 Å². The van der Waals surface area contributed by atoms with Crippen molar-refractivity contribution in [1.29, 1.82) is 0 Å². The molecule has 168 valence electrons. The van der Waals surface area contributed by atoms with E-state index in [1.54, 1.807) is 42.0 Å². The number of anilines is 1. The van der Waals surface area contributed by atoms with Crippen LogP contribution in [0.15, 0.2) is 77.7 Å². The van der Waals surface area contributed by atoms with Gasteiger partial charge in [-0.1, -0.05) is 30.3 Å². The Bertz CT molecular complexity index is 1340. The van der Waals surface area contributed by atoms with Crippen LogP contribution < -0.4 is 10.9 Å². The lowest BCUT2D eigenvalue weighted by molar-refractivity contribution is -0.137. The maximum Gasteiger partial charge on any atom is 0.416 e. The molecule has 0 atom stereocenters. The molecule has 1 N–H and O–H groups in total.